The maximum absolute atomic E-state index is 14.2. The number of aryl methyl sites for hydroxylation is 3. The van der Waals surface area contributed by atoms with Crippen molar-refractivity contribution in [2.24, 2.45) is 0 Å². The molecule has 0 aliphatic heterocycles. The minimum Gasteiger partial charge on any atom is -0.350 e. The highest BCUT2D eigenvalue weighted by molar-refractivity contribution is 7.92. The molecule has 0 aliphatic carbocycles. The molecule has 0 bridgehead atoms. The van der Waals surface area contributed by atoms with Crippen LogP contribution in [0, 0.1) is 20.8 Å². The molecule has 7 nitrogen and oxygen atoms in total. The van der Waals surface area contributed by atoms with Crippen molar-refractivity contribution < 1.29 is 18.0 Å². The Morgan fingerprint density at radius 3 is 2.05 bits per heavy atom. The SMILES string of the molecule is CCC(C(=O)NC(C)(C)C)N(Cc1ccccc1)C(=O)CN(c1cc(C)ccc1C)S(=O)(=O)c1ccc(C)cc1. The Hall–Kier alpha value is -3.65. The molecule has 0 heterocycles. The maximum atomic E-state index is 14.2. The first kappa shape index (κ1) is 30.9. The summed E-state index contributed by atoms with van der Waals surface area (Å²) in [6.45, 7) is 12.8. The average Bonchev–Trinajstić information content (AvgIpc) is 2.88. The Balaban J connectivity index is 2.10. The van der Waals surface area contributed by atoms with E-state index in [1.165, 1.54) is 9.21 Å². The van der Waals surface area contributed by atoms with E-state index in [1.807, 2.05) is 90.9 Å². The molecule has 3 aromatic rings. The number of rotatable bonds is 10. The van der Waals surface area contributed by atoms with E-state index in [2.05, 4.69) is 5.32 Å². The minimum atomic E-state index is -4.11. The molecule has 0 spiro atoms. The lowest BCUT2D eigenvalue weighted by molar-refractivity contribution is -0.141. The molecule has 0 saturated carbocycles. The first-order chi connectivity index (χ1) is 18.7. The van der Waals surface area contributed by atoms with Gasteiger partial charge in [0.05, 0.1) is 10.6 Å². The normalized spacial score (nSPS) is 12.5. The third-order valence-electron chi connectivity index (χ3n) is 6.60. The Bertz CT molecular complexity index is 1430. The van der Waals surface area contributed by atoms with E-state index in [1.54, 1.807) is 30.3 Å². The highest BCUT2D eigenvalue weighted by Gasteiger charge is 2.35. The van der Waals surface area contributed by atoms with Crippen LogP contribution in [0.15, 0.2) is 77.7 Å². The van der Waals surface area contributed by atoms with Crippen molar-refractivity contribution in [2.45, 2.75) is 77.9 Å². The van der Waals surface area contributed by atoms with Gasteiger partial charge < -0.3 is 10.2 Å². The Morgan fingerprint density at radius 2 is 1.48 bits per heavy atom. The van der Waals surface area contributed by atoms with Crippen LogP contribution in [0.1, 0.15) is 56.4 Å². The number of sulfonamides is 1. The number of hydrogen-bond acceptors (Lipinski definition) is 4. The number of benzene rings is 3. The van der Waals surface area contributed by atoms with E-state index in [0.29, 0.717) is 12.1 Å². The fourth-order valence-electron chi connectivity index (χ4n) is 4.49. The van der Waals surface area contributed by atoms with Gasteiger partial charge in [-0.05, 0) is 82.9 Å². The van der Waals surface area contributed by atoms with Crippen molar-refractivity contribution in [3.8, 4) is 0 Å². The lowest BCUT2D eigenvalue weighted by atomic mass is 10.1. The maximum Gasteiger partial charge on any atom is 0.264 e. The molecule has 0 aliphatic rings. The van der Waals surface area contributed by atoms with E-state index >= 15 is 0 Å². The fraction of sp³-hybridized carbons (Fsp3) is 0.375. The van der Waals surface area contributed by atoms with E-state index in [9.17, 15) is 18.0 Å². The summed E-state index contributed by atoms with van der Waals surface area (Å²) in [5.74, 6) is -0.740. The van der Waals surface area contributed by atoms with Crippen LogP contribution in [-0.2, 0) is 26.2 Å². The molecule has 2 amide bonds. The van der Waals surface area contributed by atoms with Crippen LogP contribution in [-0.4, -0.2) is 43.3 Å². The van der Waals surface area contributed by atoms with Crippen LogP contribution < -0.4 is 9.62 Å². The van der Waals surface area contributed by atoms with Crippen molar-refractivity contribution in [2.75, 3.05) is 10.8 Å². The van der Waals surface area contributed by atoms with Crippen LogP contribution in [0.4, 0.5) is 5.69 Å². The molecule has 214 valence electrons. The first-order valence-electron chi connectivity index (χ1n) is 13.5. The molecule has 8 heteroatoms. The highest BCUT2D eigenvalue weighted by atomic mass is 32.2. The summed E-state index contributed by atoms with van der Waals surface area (Å²) >= 11 is 0. The molecule has 40 heavy (non-hydrogen) atoms. The second-order valence-corrected chi connectivity index (χ2v) is 13.1. The molecule has 0 radical (unpaired) electrons. The van der Waals surface area contributed by atoms with Gasteiger partial charge in [0.25, 0.3) is 10.0 Å². The van der Waals surface area contributed by atoms with Crippen molar-refractivity contribution in [3.63, 3.8) is 0 Å². The molecule has 3 rings (SSSR count). The third-order valence-corrected chi connectivity index (χ3v) is 8.37. The zero-order valence-corrected chi connectivity index (χ0v) is 25.4. The molecule has 1 atom stereocenters. The zero-order chi connectivity index (χ0) is 29.7. The van der Waals surface area contributed by atoms with E-state index in [-0.39, 0.29) is 17.3 Å². The van der Waals surface area contributed by atoms with E-state index < -0.39 is 34.1 Å². The fourth-order valence-corrected chi connectivity index (χ4v) is 5.96. The molecule has 1 N–H and O–H groups in total. The molecular weight excluding hydrogens is 522 g/mol. The number of amides is 2. The quantitative estimate of drug-likeness (QED) is 0.352. The van der Waals surface area contributed by atoms with Crippen LogP contribution in [0.2, 0.25) is 0 Å². The zero-order valence-electron chi connectivity index (χ0n) is 24.6. The van der Waals surface area contributed by atoms with Gasteiger partial charge in [-0.3, -0.25) is 13.9 Å². The van der Waals surface area contributed by atoms with Crippen LogP contribution in [0.5, 0.6) is 0 Å². The number of carbonyl (C=O) groups is 2. The monoisotopic (exact) mass is 563 g/mol. The summed E-state index contributed by atoms with van der Waals surface area (Å²) < 4.78 is 29.3. The Labute approximate surface area is 239 Å². The van der Waals surface area contributed by atoms with Gasteiger partial charge in [-0.1, -0.05) is 67.1 Å². The number of nitrogens with zero attached hydrogens (tertiary/aromatic N) is 2. The van der Waals surface area contributed by atoms with Gasteiger partial charge in [0.2, 0.25) is 11.8 Å². The summed E-state index contributed by atoms with van der Waals surface area (Å²) in [7, 11) is -4.11. The van der Waals surface area contributed by atoms with Gasteiger partial charge in [-0.15, -0.1) is 0 Å². The van der Waals surface area contributed by atoms with Crippen LogP contribution in [0.3, 0.4) is 0 Å². The third kappa shape index (κ3) is 7.72. The van der Waals surface area contributed by atoms with Gasteiger partial charge in [-0.2, -0.15) is 0 Å². The van der Waals surface area contributed by atoms with Crippen molar-refractivity contribution in [1.29, 1.82) is 0 Å². The first-order valence-corrected chi connectivity index (χ1v) is 15.0. The summed E-state index contributed by atoms with van der Waals surface area (Å²) in [5.41, 5.74) is 3.30. The number of hydrogen-bond donors (Lipinski definition) is 1. The van der Waals surface area contributed by atoms with Gasteiger partial charge >= 0.3 is 0 Å². The molecule has 0 saturated heterocycles. The largest absolute Gasteiger partial charge is 0.350 e. The van der Waals surface area contributed by atoms with Crippen LogP contribution in [0.25, 0.3) is 0 Å². The molecule has 0 fully saturated rings. The second-order valence-electron chi connectivity index (χ2n) is 11.3. The summed E-state index contributed by atoms with van der Waals surface area (Å²) in [4.78, 5) is 29.2. The highest BCUT2D eigenvalue weighted by Crippen LogP contribution is 2.29. The van der Waals surface area contributed by atoms with Gasteiger partial charge in [-0.25, -0.2) is 8.42 Å². The standard InChI is InChI=1S/C32H41N3O4S/c1-8-28(31(37)33-32(5,6)7)34(21-26-12-10-9-11-13-26)30(36)22-35(29-20-24(3)14-17-25(29)4)40(38,39)27-18-15-23(2)16-19-27/h9-20,28H,8,21-22H2,1-7H3,(H,33,37). The topological polar surface area (TPSA) is 86.8 Å². The second kappa shape index (κ2) is 12.7. The van der Waals surface area contributed by atoms with Gasteiger partial charge in [0, 0.05) is 12.1 Å². The molecule has 3 aromatic carbocycles. The summed E-state index contributed by atoms with van der Waals surface area (Å²) in [6, 6.07) is 20.7. The predicted octanol–water partition coefficient (Wildman–Crippen LogP) is 5.53. The Kier molecular flexibility index (Phi) is 9.79. The van der Waals surface area contributed by atoms with Gasteiger partial charge in [0.15, 0.2) is 0 Å². The van der Waals surface area contributed by atoms with Gasteiger partial charge in [0.1, 0.15) is 12.6 Å². The Morgan fingerprint density at radius 1 is 0.875 bits per heavy atom. The van der Waals surface area contributed by atoms with Crippen molar-refractivity contribution >= 4 is 27.5 Å². The number of nitrogens with one attached hydrogen (secondary N) is 1. The lowest BCUT2D eigenvalue weighted by Gasteiger charge is -2.35. The predicted molar refractivity (Wildman–Crippen MR) is 161 cm³/mol. The van der Waals surface area contributed by atoms with Crippen molar-refractivity contribution in [1.82, 2.24) is 10.2 Å². The number of anilines is 1. The van der Waals surface area contributed by atoms with E-state index in [4.69, 9.17) is 0 Å². The molecule has 0 aromatic heterocycles. The summed E-state index contributed by atoms with van der Waals surface area (Å²) in [6.07, 6.45) is 0.370. The average molecular weight is 564 g/mol. The molecular formula is C32H41N3O4S. The smallest absolute Gasteiger partial charge is 0.264 e. The molecule has 1 unspecified atom stereocenters. The minimum absolute atomic E-state index is 0.0962. The van der Waals surface area contributed by atoms with E-state index in [0.717, 1.165) is 22.3 Å². The number of carbonyl (C=O) groups excluding carboxylic acids is 2. The van der Waals surface area contributed by atoms with Crippen LogP contribution >= 0.6 is 0 Å². The summed E-state index contributed by atoms with van der Waals surface area (Å²) in [5, 5.41) is 2.99. The van der Waals surface area contributed by atoms with Crippen molar-refractivity contribution in [3.05, 3.63) is 95.1 Å². The lowest BCUT2D eigenvalue weighted by Crippen LogP contribution is -2.55.